The van der Waals surface area contributed by atoms with Gasteiger partial charge in [-0.05, 0) is 13.3 Å². The minimum absolute atomic E-state index is 0.0907. The van der Waals surface area contributed by atoms with Crippen LogP contribution in [0.5, 0.6) is 0 Å². The Kier molecular flexibility index (Phi) is 4.42. The molecule has 20 heavy (non-hydrogen) atoms. The Morgan fingerprint density at radius 1 is 1.40 bits per heavy atom. The second-order valence-electron chi connectivity index (χ2n) is 5.47. The highest BCUT2D eigenvalue weighted by Crippen LogP contribution is 2.40. The maximum absolute atomic E-state index is 12.0. The molecule has 0 unspecified atom stereocenters. The van der Waals surface area contributed by atoms with Gasteiger partial charge in [-0.25, -0.2) is 4.98 Å². The van der Waals surface area contributed by atoms with E-state index >= 15 is 0 Å². The third-order valence-corrected chi connectivity index (χ3v) is 4.63. The summed E-state index contributed by atoms with van der Waals surface area (Å²) in [6, 6.07) is -0.134. The van der Waals surface area contributed by atoms with Crippen molar-refractivity contribution in [1.29, 1.82) is 0 Å². The van der Waals surface area contributed by atoms with E-state index < -0.39 is 0 Å². The van der Waals surface area contributed by atoms with Gasteiger partial charge < -0.3 is 10.1 Å². The second kappa shape index (κ2) is 5.91. The van der Waals surface area contributed by atoms with Crippen LogP contribution in [0.1, 0.15) is 49.9 Å². The first-order valence-electron chi connectivity index (χ1n) is 6.77. The van der Waals surface area contributed by atoms with E-state index in [-0.39, 0.29) is 29.8 Å². The van der Waals surface area contributed by atoms with Crippen molar-refractivity contribution < 1.29 is 14.3 Å². The van der Waals surface area contributed by atoms with E-state index in [2.05, 4.69) is 28.9 Å². The van der Waals surface area contributed by atoms with Gasteiger partial charge in [0.1, 0.15) is 0 Å². The van der Waals surface area contributed by atoms with Crippen LogP contribution in [0.15, 0.2) is 5.38 Å². The van der Waals surface area contributed by atoms with E-state index in [0.29, 0.717) is 12.3 Å². The first kappa shape index (κ1) is 15.0. The molecule has 0 saturated heterocycles. The van der Waals surface area contributed by atoms with E-state index in [0.717, 1.165) is 10.7 Å². The topological polar surface area (TPSA) is 68.3 Å². The minimum atomic E-state index is -0.298. The van der Waals surface area contributed by atoms with Crippen LogP contribution in [-0.4, -0.2) is 24.0 Å². The summed E-state index contributed by atoms with van der Waals surface area (Å²) in [5.41, 5.74) is 0.877. The zero-order valence-corrected chi connectivity index (χ0v) is 13.0. The molecular weight excluding hydrogens is 276 g/mol. The highest BCUT2D eigenvalue weighted by molar-refractivity contribution is 7.09. The highest BCUT2D eigenvalue weighted by Gasteiger charge is 2.49. The molecule has 1 saturated carbocycles. The third-order valence-electron chi connectivity index (χ3n) is 3.47. The SMILES string of the molecule is COC(=O)[C@H]1C[C@H]1C(=O)N[C@H](C)c1csc(C(C)C)n1. The van der Waals surface area contributed by atoms with Crippen LogP contribution in [0.25, 0.3) is 0 Å². The van der Waals surface area contributed by atoms with Gasteiger partial charge >= 0.3 is 5.97 Å². The molecule has 5 nitrogen and oxygen atoms in total. The van der Waals surface area contributed by atoms with E-state index in [9.17, 15) is 9.59 Å². The van der Waals surface area contributed by atoms with Crippen molar-refractivity contribution in [3.8, 4) is 0 Å². The second-order valence-corrected chi connectivity index (χ2v) is 6.36. The summed E-state index contributed by atoms with van der Waals surface area (Å²) in [5.74, 6) is -0.508. The first-order valence-corrected chi connectivity index (χ1v) is 7.65. The van der Waals surface area contributed by atoms with E-state index in [1.807, 2.05) is 12.3 Å². The molecule has 1 aliphatic rings. The van der Waals surface area contributed by atoms with Crippen LogP contribution in [0, 0.1) is 11.8 Å². The highest BCUT2D eigenvalue weighted by atomic mass is 32.1. The van der Waals surface area contributed by atoms with Gasteiger partial charge in [-0.2, -0.15) is 0 Å². The Morgan fingerprint density at radius 2 is 2.10 bits per heavy atom. The summed E-state index contributed by atoms with van der Waals surface area (Å²) in [5, 5.41) is 5.96. The van der Waals surface area contributed by atoms with E-state index in [1.165, 1.54) is 7.11 Å². The Morgan fingerprint density at radius 3 is 2.65 bits per heavy atom. The Balaban J connectivity index is 1.90. The lowest BCUT2D eigenvalue weighted by Gasteiger charge is -2.11. The van der Waals surface area contributed by atoms with Gasteiger partial charge in [0.2, 0.25) is 5.91 Å². The third kappa shape index (κ3) is 3.17. The lowest BCUT2D eigenvalue weighted by atomic mass is 10.2. The number of nitrogens with one attached hydrogen (secondary N) is 1. The van der Waals surface area contributed by atoms with Crippen LogP contribution < -0.4 is 5.32 Å². The quantitative estimate of drug-likeness (QED) is 0.846. The fourth-order valence-corrected chi connectivity index (χ4v) is 2.98. The van der Waals surface area contributed by atoms with Crippen molar-refractivity contribution in [3.63, 3.8) is 0 Å². The predicted octanol–water partition coefficient (Wildman–Crippen LogP) is 2.25. The number of amides is 1. The molecule has 3 atom stereocenters. The van der Waals surface area contributed by atoms with Crippen LogP contribution in [0.2, 0.25) is 0 Å². The van der Waals surface area contributed by atoms with Crippen LogP contribution in [-0.2, 0) is 14.3 Å². The molecule has 1 heterocycles. The van der Waals surface area contributed by atoms with Crippen molar-refractivity contribution in [2.45, 2.75) is 39.2 Å². The number of carbonyl (C=O) groups excluding carboxylic acids is 2. The van der Waals surface area contributed by atoms with E-state index in [1.54, 1.807) is 11.3 Å². The van der Waals surface area contributed by atoms with Gasteiger partial charge in [-0.15, -0.1) is 11.3 Å². The molecule has 110 valence electrons. The molecule has 0 bridgehead atoms. The molecule has 0 spiro atoms. The number of rotatable bonds is 5. The molecule has 1 fully saturated rings. The Bertz CT molecular complexity index is 512. The predicted molar refractivity (Wildman–Crippen MR) is 76.4 cm³/mol. The molecule has 2 rings (SSSR count). The van der Waals surface area contributed by atoms with Gasteiger partial charge in [0.05, 0.1) is 35.7 Å². The van der Waals surface area contributed by atoms with Crippen LogP contribution in [0.3, 0.4) is 0 Å². The summed E-state index contributed by atoms with van der Waals surface area (Å²) >= 11 is 1.61. The largest absolute Gasteiger partial charge is 0.469 e. The summed E-state index contributed by atoms with van der Waals surface area (Å²) in [6.45, 7) is 6.10. The van der Waals surface area contributed by atoms with Crippen molar-refractivity contribution in [3.05, 3.63) is 16.1 Å². The minimum Gasteiger partial charge on any atom is -0.469 e. The number of nitrogens with zero attached hydrogens (tertiary/aromatic N) is 1. The molecule has 1 aromatic rings. The molecule has 0 aliphatic heterocycles. The van der Waals surface area contributed by atoms with Crippen molar-refractivity contribution in [2.75, 3.05) is 7.11 Å². The first-order chi connectivity index (χ1) is 9.43. The number of hydrogen-bond acceptors (Lipinski definition) is 5. The average Bonchev–Trinajstić information content (AvgIpc) is 3.05. The molecule has 6 heteroatoms. The normalized spacial score (nSPS) is 22.4. The molecule has 1 N–H and O–H groups in total. The van der Waals surface area contributed by atoms with Crippen molar-refractivity contribution >= 4 is 23.2 Å². The van der Waals surface area contributed by atoms with Crippen LogP contribution in [0.4, 0.5) is 0 Å². The summed E-state index contributed by atoms with van der Waals surface area (Å²) in [7, 11) is 1.35. The molecule has 1 amide bonds. The summed E-state index contributed by atoms with van der Waals surface area (Å²) in [4.78, 5) is 27.9. The number of carbonyl (C=O) groups is 2. The molecule has 0 radical (unpaired) electrons. The lowest BCUT2D eigenvalue weighted by Crippen LogP contribution is -2.29. The number of methoxy groups -OCH3 is 1. The van der Waals surface area contributed by atoms with Gasteiger partial charge in [-0.3, -0.25) is 9.59 Å². The van der Waals surface area contributed by atoms with E-state index in [4.69, 9.17) is 0 Å². The number of thiazole rings is 1. The number of aromatic nitrogens is 1. The summed E-state index contributed by atoms with van der Waals surface area (Å²) < 4.78 is 4.64. The number of hydrogen-bond donors (Lipinski definition) is 1. The number of ether oxygens (including phenoxy) is 1. The maximum Gasteiger partial charge on any atom is 0.309 e. The zero-order valence-electron chi connectivity index (χ0n) is 12.2. The van der Waals surface area contributed by atoms with Gasteiger partial charge in [-0.1, -0.05) is 13.8 Å². The smallest absolute Gasteiger partial charge is 0.309 e. The average molecular weight is 296 g/mol. The fourth-order valence-electron chi connectivity index (χ4n) is 2.06. The zero-order chi connectivity index (χ0) is 14.9. The molecule has 0 aromatic carbocycles. The molecular formula is C14H20N2O3S. The Hall–Kier alpha value is -1.43. The standard InChI is InChI=1S/C14H20N2O3S/c1-7(2)13-16-11(6-20-13)8(3)15-12(17)9-5-10(9)14(18)19-4/h6-10H,5H2,1-4H3,(H,15,17)/t8-,9-,10+/m1/s1. The molecule has 1 aliphatic carbocycles. The lowest BCUT2D eigenvalue weighted by molar-refractivity contribution is -0.143. The monoisotopic (exact) mass is 296 g/mol. The van der Waals surface area contributed by atoms with Gasteiger partial charge in [0.15, 0.2) is 0 Å². The molecule has 1 aromatic heterocycles. The summed E-state index contributed by atoms with van der Waals surface area (Å²) in [6.07, 6.45) is 0.583. The van der Waals surface area contributed by atoms with Crippen LogP contribution >= 0.6 is 11.3 Å². The maximum atomic E-state index is 12.0. The van der Waals surface area contributed by atoms with Crippen molar-refractivity contribution in [2.24, 2.45) is 11.8 Å². The number of esters is 1. The van der Waals surface area contributed by atoms with Gasteiger partial charge in [0.25, 0.3) is 0 Å². The Labute approximate surface area is 122 Å². The van der Waals surface area contributed by atoms with Crippen molar-refractivity contribution in [1.82, 2.24) is 10.3 Å². The fraction of sp³-hybridized carbons (Fsp3) is 0.643. The van der Waals surface area contributed by atoms with Gasteiger partial charge in [0, 0.05) is 11.3 Å².